The minimum atomic E-state index is -0.677. The summed E-state index contributed by atoms with van der Waals surface area (Å²) in [5.74, 6) is 2.83. The highest BCUT2D eigenvalue weighted by Gasteiger charge is 2.52. The number of nitrogens with two attached hydrogens (primary N) is 1. The molecule has 1 aromatic carbocycles. The Balaban J connectivity index is 2.18. The molecule has 2 N–H and O–H groups in total. The van der Waals surface area contributed by atoms with Gasteiger partial charge in [0, 0.05) is 5.02 Å². The van der Waals surface area contributed by atoms with E-state index in [0.717, 1.165) is 17.5 Å². The van der Waals surface area contributed by atoms with Gasteiger partial charge in [-0.05, 0) is 36.1 Å². The molecule has 0 bridgehead atoms. The fraction of sp³-hybridized carbons (Fsp3) is 0.286. The number of aryl methyl sites for hydroxylation is 1. The van der Waals surface area contributed by atoms with Gasteiger partial charge >= 0.3 is 6.03 Å². The van der Waals surface area contributed by atoms with E-state index in [-0.39, 0.29) is 12.6 Å². The van der Waals surface area contributed by atoms with Crippen molar-refractivity contribution in [3.63, 3.8) is 0 Å². The van der Waals surface area contributed by atoms with Crippen LogP contribution in [0.5, 0.6) is 0 Å². The lowest BCUT2D eigenvalue weighted by molar-refractivity contribution is 0.182. The van der Waals surface area contributed by atoms with Crippen LogP contribution in [-0.2, 0) is 12.0 Å². The topological polar surface area (TPSA) is 58.7 Å². The molecule has 19 heavy (non-hydrogen) atoms. The lowest BCUT2D eigenvalue weighted by atomic mass is 9.89. The molecule has 2 aliphatic rings. The highest BCUT2D eigenvalue weighted by molar-refractivity contribution is 6.30. The molecule has 96 valence electrons. The van der Waals surface area contributed by atoms with Crippen LogP contribution < -0.4 is 5.73 Å². The molecule has 0 saturated heterocycles. The number of hydrogen-bond donors (Lipinski definition) is 1. The molecule has 0 saturated carbocycles. The Labute approximate surface area is 116 Å². The van der Waals surface area contributed by atoms with Gasteiger partial charge in [0.2, 0.25) is 0 Å². The second kappa shape index (κ2) is 4.01. The molecule has 0 fully saturated rings. The highest BCUT2D eigenvalue weighted by atomic mass is 35.5. The highest BCUT2D eigenvalue weighted by Crippen LogP contribution is 2.45. The monoisotopic (exact) mass is 273 g/mol. The van der Waals surface area contributed by atoms with Crippen LogP contribution in [0.15, 0.2) is 23.2 Å². The number of amides is 2. The predicted octanol–water partition coefficient (Wildman–Crippen LogP) is 1.91. The summed E-state index contributed by atoms with van der Waals surface area (Å²) in [6.07, 6.45) is 6.86. The van der Waals surface area contributed by atoms with Gasteiger partial charge in [0.05, 0.1) is 6.54 Å². The minimum Gasteiger partial charge on any atom is -0.385 e. The fourth-order valence-electron chi connectivity index (χ4n) is 3.02. The Morgan fingerprint density at radius 3 is 3.11 bits per heavy atom. The van der Waals surface area contributed by atoms with Crippen LogP contribution in [0.2, 0.25) is 5.02 Å². The number of nitrogens with zero attached hydrogens (tertiary/aromatic N) is 2. The first kappa shape index (κ1) is 12.1. The van der Waals surface area contributed by atoms with Crippen molar-refractivity contribution in [3.8, 4) is 12.3 Å². The van der Waals surface area contributed by atoms with Crippen molar-refractivity contribution in [3.05, 3.63) is 34.3 Å². The molecule has 1 atom stereocenters. The maximum absolute atomic E-state index is 11.9. The molecule has 1 aromatic rings. The molecule has 0 radical (unpaired) electrons. The summed E-state index contributed by atoms with van der Waals surface area (Å²) in [5.41, 5.74) is 7.43. The summed E-state index contributed by atoms with van der Waals surface area (Å²) in [5, 5.41) is 0.680. The van der Waals surface area contributed by atoms with E-state index < -0.39 is 5.54 Å². The first-order chi connectivity index (χ1) is 9.09. The van der Waals surface area contributed by atoms with E-state index in [1.165, 1.54) is 0 Å². The molecule has 0 aromatic heterocycles. The van der Waals surface area contributed by atoms with Crippen molar-refractivity contribution in [2.75, 3.05) is 6.54 Å². The van der Waals surface area contributed by atoms with Gasteiger partial charge in [0.25, 0.3) is 0 Å². The number of rotatable bonds is 1. The van der Waals surface area contributed by atoms with E-state index in [0.29, 0.717) is 17.3 Å². The Kier molecular flexibility index (Phi) is 2.54. The van der Waals surface area contributed by atoms with Crippen molar-refractivity contribution >= 4 is 23.5 Å². The maximum Gasteiger partial charge on any atom is 0.347 e. The molecule has 2 amide bonds. The van der Waals surface area contributed by atoms with E-state index in [4.69, 9.17) is 23.8 Å². The van der Waals surface area contributed by atoms with Crippen LogP contribution in [0, 0.1) is 12.3 Å². The number of fused-ring (bicyclic) bond motifs is 2. The van der Waals surface area contributed by atoms with Crippen LogP contribution in [-0.4, -0.2) is 23.3 Å². The third-order valence-electron chi connectivity index (χ3n) is 3.85. The zero-order valence-electron chi connectivity index (χ0n) is 10.2. The lowest BCUT2D eigenvalue weighted by Crippen LogP contribution is -2.50. The van der Waals surface area contributed by atoms with Gasteiger partial charge in [-0.25, -0.2) is 4.79 Å². The molecule has 1 aliphatic heterocycles. The predicted molar refractivity (Wildman–Crippen MR) is 74.0 cm³/mol. The largest absolute Gasteiger partial charge is 0.385 e. The standard InChI is InChI=1S/C14H12ClN3O/c1-2-7-18-13(19)17-12(16)14(18)6-5-9-8-10(15)3-4-11(9)14/h1,3-4,8H,5-7H2,(H2,16,17,19). The van der Waals surface area contributed by atoms with E-state index in [1.54, 1.807) is 11.0 Å². The number of carbonyl (C=O) groups is 1. The molecule has 3 rings (SSSR count). The number of benzene rings is 1. The molecule has 1 unspecified atom stereocenters. The molecule has 1 aliphatic carbocycles. The van der Waals surface area contributed by atoms with Crippen LogP contribution in [0.4, 0.5) is 4.79 Å². The van der Waals surface area contributed by atoms with E-state index in [9.17, 15) is 4.79 Å². The SMILES string of the molecule is C#CCN1C(=O)N=C(N)C12CCc1cc(Cl)ccc12. The molecule has 4 nitrogen and oxygen atoms in total. The number of halogens is 1. The Morgan fingerprint density at radius 2 is 2.37 bits per heavy atom. The van der Waals surface area contributed by atoms with Crippen LogP contribution in [0.25, 0.3) is 0 Å². The van der Waals surface area contributed by atoms with Crippen LogP contribution in [0.1, 0.15) is 17.5 Å². The van der Waals surface area contributed by atoms with E-state index in [2.05, 4.69) is 10.9 Å². The smallest absolute Gasteiger partial charge is 0.347 e. The van der Waals surface area contributed by atoms with Gasteiger partial charge < -0.3 is 5.73 Å². The fourth-order valence-corrected chi connectivity index (χ4v) is 3.22. The van der Waals surface area contributed by atoms with E-state index in [1.807, 2.05) is 12.1 Å². The first-order valence-electron chi connectivity index (χ1n) is 5.98. The second-order valence-electron chi connectivity index (χ2n) is 4.73. The summed E-state index contributed by atoms with van der Waals surface area (Å²) in [4.78, 5) is 17.4. The number of urea groups is 1. The van der Waals surface area contributed by atoms with E-state index >= 15 is 0 Å². The number of amidine groups is 1. The summed E-state index contributed by atoms with van der Waals surface area (Å²) < 4.78 is 0. The summed E-state index contributed by atoms with van der Waals surface area (Å²) >= 11 is 6.01. The van der Waals surface area contributed by atoms with Crippen molar-refractivity contribution in [1.82, 2.24) is 4.90 Å². The van der Waals surface area contributed by atoms with Crippen molar-refractivity contribution in [1.29, 1.82) is 0 Å². The first-order valence-corrected chi connectivity index (χ1v) is 6.36. The molecular weight excluding hydrogens is 262 g/mol. The molecule has 5 heteroatoms. The van der Waals surface area contributed by atoms with Gasteiger partial charge in [0.15, 0.2) is 0 Å². The van der Waals surface area contributed by atoms with Crippen LogP contribution in [0.3, 0.4) is 0 Å². The van der Waals surface area contributed by atoms with Crippen molar-refractivity contribution < 1.29 is 4.79 Å². The molecular formula is C14H12ClN3O. The molecule has 1 spiro atoms. The van der Waals surface area contributed by atoms with Crippen LogP contribution >= 0.6 is 11.6 Å². The summed E-state index contributed by atoms with van der Waals surface area (Å²) in [6.45, 7) is 0.200. The van der Waals surface area contributed by atoms with Crippen molar-refractivity contribution in [2.45, 2.75) is 18.4 Å². The van der Waals surface area contributed by atoms with Gasteiger partial charge in [-0.3, -0.25) is 4.90 Å². The van der Waals surface area contributed by atoms with Gasteiger partial charge in [-0.15, -0.1) is 6.42 Å². The zero-order chi connectivity index (χ0) is 13.6. The average Bonchev–Trinajstić information content (AvgIpc) is 2.85. The average molecular weight is 274 g/mol. The summed E-state index contributed by atoms with van der Waals surface area (Å²) in [6, 6.07) is 5.26. The maximum atomic E-state index is 11.9. The molecule has 1 heterocycles. The second-order valence-corrected chi connectivity index (χ2v) is 5.17. The number of carbonyl (C=O) groups excluding carboxylic acids is 1. The Bertz CT molecular complexity index is 647. The minimum absolute atomic E-state index is 0.200. The normalized spacial score (nSPS) is 24.5. The third-order valence-corrected chi connectivity index (χ3v) is 4.09. The van der Waals surface area contributed by atoms with Gasteiger partial charge in [-0.1, -0.05) is 23.6 Å². The van der Waals surface area contributed by atoms with Crippen molar-refractivity contribution in [2.24, 2.45) is 10.7 Å². The number of terminal acetylenes is 1. The Morgan fingerprint density at radius 1 is 1.58 bits per heavy atom. The number of hydrogen-bond acceptors (Lipinski definition) is 2. The summed E-state index contributed by atoms with van der Waals surface area (Å²) in [7, 11) is 0. The van der Waals surface area contributed by atoms with Gasteiger partial charge in [-0.2, -0.15) is 4.99 Å². The lowest BCUT2D eigenvalue weighted by Gasteiger charge is -2.34. The third kappa shape index (κ3) is 1.48. The number of aliphatic imine (C=N–C) groups is 1. The Hall–Kier alpha value is -1.99. The van der Waals surface area contributed by atoms with Gasteiger partial charge in [0.1, 0.15) is 11.4 Å². The zero-order valence-corrected chi connectivity index (χ0v) is 10.9. The quantitative estimate of drug-likeness (QED) is 0.795.